The minimum atomic E-state index is -3.40. The number of hydrogen-bond donors (Lipinski definition) is 1. The second kappa shape index (κ2) is 11.0. The molecule has 1 atom stereocenters. The number of esters is 1. The Labute approximate surface area is 147 Å². The minimum Gasteiger partial charge on any atom is -0.464 e. The van der Waals surface area contributed by atoms with E-state index >= 15 is 0 Å². The van der Waals surface area contributed by atoms with Gasteiger partial charge in [-0.2, -0.15) is 0 Å². The third-order valence-electron chi connectivity index (χ3n) is 2.24. The summed E-state index contributed by atoms with van der Waals surface area (Å²) in [6.07, 6.45) is -0.760. The fraction of sp³-hybridized carbons (Fsp3) is 0.857. The molecule has 0 aliphatic heterocycles. The van der Waals surface area contributed by atoms with Crippen molar-refractivity contribution in [3.8, 4) is 0 Å². The lowest BCUT2D eigenvalue weighted by Crippen LogP contribution is -2.45. The number of amides is 1. The van der Waals surface area contributed by atoms with E-state index in [4.69, 9.17) is 18.5 Å². The standard InChI is InChI=1S/C14H28NO7PS/c1-7-19-12(16)11(15-13(17)22-14(4,5)6)10-24-23(18,20-8-2)21-9-3/h11H,7-10H2,1-6H3,(H,15,17)/t11-/m0/s1. The van der Waals surface area contributed by atoms with Crippen LogP contribution < -0.4 is 5.32 Å². The fourth-order valence-electron chi connectivity index (χ4n) is 1.46. The summed E-state index contributed by atoms with van der Waals surface area (Å²) in [6, 6.07) is -1.03. The monoisotopic (exact) mass is 385 g/mol. The van der Waals surface area contributed by atoms with Crippen molar-refractivity contribution in [3.05, 3.63) is 0 Å². The van der Waals surface area contributed by atoms with Gasteiger partial charge in [0.05, 0.1) is 19.8 Å². The molecular weight excluding hydrogens is 357 g/mol. The van der Waals surface area contributed by atoms with Crippen LogP contribution in [0.15, 0.2) is 0 Å². The number of ether oxygens (including phenoxy) is 2. The highest BCUT2D eigenvalue weighted by Gasteiger charge is 2.31. The number of carbonyl (C=O) groups excluding carboxylic acids is 2. The van der Waals surface area contributed by atoms with Crippen LogP contribution in [0.2, 0.25) is 0 Å². The molecule has 0 aromatic rings. The van der Waals surface area contributed by atoms with Crippen molar-refractivity contribution in [2.75, 3.05) is 25.6 Å². The number of alkyl carbamates (subject to hydrolysis) is 1. The van der Waals surface area contributed by atoms with Crippen LogP contribution in [-0.4, -0.2) is 49.3 Å². The van der Waals surface area contributed by atoms with E-state index in [1.807, 2.05) is 0 Å². The number of nitrogens with one attached hydrogen (secondary N) is 1. The van der Waals surface area contributed by atoms with Crippen LogP contribution in [0.4, 0.5) is 4.79 Å². The zero-order valence-corrected chi connectivity index (χ0v) is 16.8. The predicted molar refractivity (Wildman–Crippen MR) is 93.1 cm³/mol. The summed E-state index contributed by atoms with van der Waals surface area (Å²) in [5.41, 5.74) is -0.706. The maximum Gasteiger partial charge on any atom is 0.408 e. The Bertz CT molecular complexity index is 443. The highest BCUT2D eigenvalue weighted by atomic mass is 32.7. The Hall–Kier alpha value is -0.760. The first kappa shape index (κ1) is 23.2. The quantitative estimate of drug-likeness (QED) is 0.451. The molecule has 0 saturated carbocycles. The van der Waals surface area contributed by atoms with Gasteiger partial charge >= 0.3 is 18.9 Å². The average molecular weight is 385 g/mol. The topological polar surface area (TPSA) is 100 Å². The van der Waals surface area contributed by atoms with E-state index in [1.165, 1.54) is 0 Å². The van der Waals surface area contributed by atoms with Gasteiger partial charge in [0.25, 0.3) is 0 Å². The normalized spacial score (nSPS) is 13.2. The average Bonchev–Trinajstić information content (AvgIpc) is 2.42. The molecule has 0 aliphatic carbocycles. The van der Waals surface area contributed by atoms with E-state index in [-0.39, 0.29) is 25.6 Å². The molecule has 0 saturated heterocycles. The number of carbonyl (C=O) groups is 2. The Kier molecular flexibility index (Phi) is 10.6. The molecule has 0 heterocycles. The molecule has 10 heteroatoms. The molecule has 142 valence electrons. The van der Waals surface area contributed by atoms with E-state index in [0.29, 0.717) is 0 Å². The van der Waals surface area contributed by atoms with Gasteiger partial charge in [-0.1, -0.05) is 0 Å². The van der Waals surface area contributed by atoms with Gasteiger partial charge in [0.15, 0.2) is 0 Å². The van der Waals surface area contributed by atoms with Crippen molar-refractivity contribution in [1.29, 1.82) is 0 Å². The van der Waals surface area contributed by atoms with Crippen LogP contribution >= 0.6 is 18.2 Å². The summed E-state index contributed by atoms with van der Waals surface area (Å²) >= 11 is 0.835. The van der Waals surface area contributed by atoms with Crippen molar-refractivity contribution in [1.82, 2.24) is 5.32 Å². The van der Waals surface area contributed by atoms with Gasteiger partial charge < -0.3 is 23.8 Å². The number of rotatable bonds is 10. The van der Waals surface area contributed by atoms with E-state index in [2.05, 4.69) is 5.32 Å². The molecular formula is C14H28NO7PS. The fourth-order valence-corrected chi connectivity index (χ4v) is 4.94. The molecule has 0 fully saturated rings. The van der Waals surface area contributed by atoms with Crippen LogP contribution in [0, 0.1) is 0 Å². The summed E-state index contributed by atoms with van der Waals surface area (Å²) < 4.78 is 32.8. The van der Waals surface area contributed by atoms with Crippen LogP contribution in [-0.2, 0) is 27.9 Å². The van der Waals surface area contributed by atoms with Crippen LogP contribution in [0.25, 0.3) is 0 Å². The Morgan fingerprint density at radius 2 is 1.62 bits per heavy atom. The minimum absolute atomic E-state index is 0.0324. The van der Waals surface area contributed by atoms with Crippen LogP contribution in [0.3, 0.4) is 0 Å². The lowest BCUT2D eigenvalue weighted by atomic mass is 10.2. The lowest BCUT2D eigenvalue weighted by molar-refractivity contribution is -0.144. The van der Waals surface area contributed by atoms with Gasteiger partial charge in [-0.05, 0) is 52.9 Å². The molecule has 1 N–H and O–H groups in total. The molecule has 0 rings (SSSR count). The molecule has 0 spiro atoms. The molecule has 8 nitrogen and oxygen atoms in total. The second-order valence-electron chi connectivity index (χ2n) is 5.53. The van der Waals surface area contributed by atoms with E-state index in [0.717, 1.165) is 11.4 Å². The third kappa shape index (κ3) is 10.2. The van der Waals surface area contributed by atoms with Crippen molar-refractivity contribution >= 4 is 30.2 Å². The van der Waals surface area contributed by atoms with Crippen molar-refractivity contribution in [2.24, 2.45) is 0 Å². The molecule has 1 amide bonds. The molecule has 24 heavy (non-hydrogen) atoms. The van der Waals surface area contributed by atoms with E-state index < -0.39 is 30.5 Å². The third-order valence-corrected chi connectivity index (χ3v) is 6.21. The van der Waals surface area contributed by atoms with Gasteiger partial charge in [-0.3, -0.25) is 0 Å². The highest BCUT2D eigenvalue weighted by molar-refractivity contribution is 8.55. The molecule has 0 bridgehead atoms. The Balaban J connectivity index is 4.92. The van der Waals surface area contributed by atoms with Gasteiger partial charge in [0, 0.05) is 5.75 Å². The Morgan fingerprint density at radius 3 is 2.04 bits per heavy atom. The van der Waals surface area contributed by atoms with Gasteiger partial charge in [-0.25, -0.2) is 14.2 Å². The lowest BCUT2D eigenvalue weighted by Gasteiger charge is -2.23. The molecule has 0 unspecified atom stereocenters. The SMILES string of the molecule is CCOC(=O)[C@H](CSP(=O)(OCC)OCC)NC(=O)OC(C)(C)C. The molecule has 0 aromatic carbocycles. The largest absolute Gasteiger partial charge is 0.464 e. The molecule has 0 aromatic heterocycles. The maximum absolute atomic E-state index is 12.4. The smallest absolute Gasteiger partial charge is 0.408 e. The summed E-state index contributed by atoms with van der Waals surface area (Å²) in [5, 5.41) is 2.43. The van der Waals surface area contributed by atoms with E-state index in [9.17, 15) is 14.2 Å². The van der Waals surface area contributed by atoms with Gasteiger partial charge in [0.2, 0.25) is 0 Å². The highest BCUT2D eigenvalue weighted by Crippen LogP contribution is 2.60. The summed E-state index contributed by atoms with van der Waals surface area (Å²) in [7, 11) is 0. The second-order valence-corrected chi connectivity index (χ2v) is 9.65. The Morgan fingerprint density at radius 1 is 1.08 bits per heavy atom. The van der Waals surface area contributed by atoms with Crippen LogP contribution in [0.5, 0.6) is 0 Å². The first-order valence-corrected chi connectivity index (χ1v) is 10.9. The van der Waals surface area contributed by atoms with E-state index in [1.54, 1.807) is 41.5 Å². The first-order chi connectivity index (χ1) is 11.1. The van der Waals surface area contributed by atoms with Crippen molar-refractivity contribution in [3.63, 3.8) is 0 Å². The molecule has 0 aliphatic rings. The molecule has 0 radical (unpaired) electrons. The van der Waals surface area contributed by atoms with Gasteiger partial charge in [0.1, 0.15) is 11.6 Å². The summed E-state index contributed by atoms with van der Waals surface area (Å²) in [5.74, 6) is -0.676. The van der Waals surface area contributed by atoms with Crippen LogP contribution in [0.1, 0.15) is 41.5 Å². The summed E-state index contributed by atoms with van der Waals surface area (Å²) in [4.78, 5) is 23.9. The zero-order chi connectivity index (χ0) is 18.8. The van der Waals surface area contributed by atoms with Crippen molar-refractivity contribution in [2.45, 2.75) is 53.2 Å². The zero-order valence-electron chi connectivity index (χ0n) is 15.1. The maximum atomic E-state index is 12.4. The number of hydrogen-bond acceptors (Lipinski definition) is 8. The predicted octanol–water partition coefficient (Wildman–Crippen LogP) is 3.36. The summed E-state index contributed by atoms with van der Waals surface area (Å²) in [6.45, 7) is 7.32. The van der Waals surface area contributed by atoms with Crippen molar-refractivity contribution < 1.29 is 32.7 Å². The van der Waals surface area contributed by atoms with Gasteiger partial charge in [-0.15, -0.1) is 0 Å². The first-order valence-electron chi connectivity index (χ1n) is 7.76.